The third-order valence-corrected chi connectivity index (χ3v) is 4.46. The predicted molar refractivity (Wildman–Crippen MR) is 83.2 cm³/mol. The van der Waals surface area contributed by atoms with Crippen molar-refractivity contribution in [2.45, 2.75) is 31.3 Å². The molecule has 3 rings (SSSR count). The summed E-state index contributed by atoms with van der Waals surface area (Å²) in [6.07, 6.45) is 1.38. The van der Waals surface area contributed by atoms with Gasteiger partial charge in [-0.1, -0.05) is 18.2 Å². The highest BCUT2D eigenvalue weighted by molar-refractivity contribution is 7.81. The van der Waals surface area contributed by atoms with Crippen LogP contribution in [0.1, 0.15) is 17.5 Å². The van der Waals surface area contributed by atoms with Crippen molar-refractivity contribution in [1.29, 1.82) is 0 Å². The molecule has 2 amide bonds. The van der Waals surface area contributed by atoms with Gasteiger partial charge in [-0.3, -0.25) is 14.5 Å². The number of nitrogens with one attached hydrogen (secondary N) is 1. The smallest absolute Gasteiger partial charge is 0.327 e. The van der Waals surface area contributed by atoms with Crippen molar-refractivity contribution >= 4 is 36.1 Å². The first-order chi connectivity index (χ1) is 10.5. The zero-order valence-corrected chi connectivity index (χ0v) is 12.7. The number of hydrogen-bond acceptors (Lipinski definition) is 4. The molecule has 0 radical (unpaired) electrons. The average molecular weight is 320 g/mol. The fourth-order valence-corrected chi connectivity index (χ4v) is 3.29. The molecule has 2 N–H and O–H groups in total. The van der Waals surface area contributed by atoms with E-state index >= 15 is 0 Å². The molecule has 22 heavy (non-hydrogen) atoms. The summed E-state index contributed by atoms with van der Waals surface area (Å²) in [7, 11) is 0. The lowest BCUT2D eigenvalue weighted by molar-refractivity contribution is -0.140. The van der Waals surface area contributed by atoms with Gasteiger partial charge in [-0.15, -0.1) is 0 Å². The number of rotatable bonds is 3. The summed E-state index contributed by atoms with van der Waals surface area (Å²) in [6.45, 7) is 0. The van der Waals surface area contributed by atoms with Crippen LogP contribution in [0.15, 0.2) is 18.2 Å². The summed E-state index contributed by atoms with van der Waals surface area (Å²) >= 11 is 3.90. The van der Waals surface area contributed by atoms with Gasteiger partial charge in [0, 0.05) is 6.42 Å². The first-order valence-corrected chi connectivity index (χ1v) is 7.73. The normalized spacial score (nSPS) is 23.0. The summed E-state index contributed by atoms with van der Waals surface area (Å²) in [5.74, 6) is -1.73. The van der Waals surface area contributed by atoms with Crippen molar-refractivity contribution in [2.24, 2.45) is 0 Å². The van der Waals surface area contributed by atoms with Gasteiger partial charge in [0.2, 0.25) is 11.8 Å². The van der Waals surface area contributed by atoms with E-state index in [0.717, 1.165) is 11.1 Å². The van der Waals surface area contributed by atoms with Crippen LogP contribution < -0.4 is 10.2 Å². The summed E-state index contributed by atoms with van der Waals surface area (Å²) < 4.78 is 0. The van der Waals surface area contributed by atoms with Crippen LogP contribution in [-0.2, 0) is 27.2 Å². The third kappa shape index (κ3) is 2.35. The Balaban J connectivity index is 2.01. The molecule has 2 atom stereocenters. The van der Waals surface area contributed by atoms with Gasteiger partial charge in [0.25, 0.3) is 0 Å². The van der Waals surface area contributed by atoms with Crippen LogP contribution in [0.4, 0.5) is 5.69 Å². The molecule has 1 aromatic carbocycles. The lowest BCUT2D eigenvalue weighted by atomic mass is 10.0. The van der Waals surface area contributed by atoms with E-state index in [4.69, 9.17) is 0 Å². The highest BCUT2D eigenvalue weighted by Gasteiger charge is 2.43. The van der Waals surface area contributed by atoms with Gasteiger partial charge in [0.1, 0.15) is 12.1 Å². The second kappa shape index (κ2) is 5.64. The van der Waals surface area contributed by atoms with Gasteiger partial charge >= 0.3 is 5.97 Å². The molecule has 0 aliphatic carbocycles. The van der Waals surface area contributed by atoms with Crippen molar-refractivity contribution in [3.8, 4) is 0 Å². The number of para-hydroxylation sites is 1. The SMILES string of the molecule is O=C(CS)NC1CCc2cccc3c2N(C1=O)[C@H](C(=O)O)C3. The van der Waals surface area contributed by atoms with Gasteiger partial charge in [-0.25, -0.2) is 4.79 Å². The van der Waals surface area contributed by atoms with Gasteiger partial charge < -0.3 is 10.4 Å². The number of hydrogen-bond donors (Lipinski definition) is 3. The van der Waals surface area contributed by atoms with E-state index in [9.17, 15) is 19.5 Å². The summed E-state index contributed by atoms with van der Waals surface area (Å²) in [4.78, 5) is 37.2. The predicted octanol–water partition coefficient (Wildman–Crippen LogP) is 0.390. The van der Waals surface area contributed by atoms with E-state index in [1.165, 1.54) is 4.90 Å². The number of aryl methyl sites for hydroxylation is 1. The number of anilines is 1. The monoisotopic (exact) mass is 320 g/mol. The topological polar surface area (TPSA) is 86.7 Å². The average Bonchev–Trinajstić information content (AvgIpc) is 2.84. The molecule has 0 bridgehead atoms. The molecule has 2 heterocycles. The molecule has 0 spiro atoms. The highest BCUT2D eigenvalue weighted by atomic mass is 32.1. The zero-order chi connectivity index (χ0) is 15.9. The molecule has 0 aromatic heterocycles. The number of amides is 2. The largest absolute Gasteiger partial charge is 0.480 e. The molecule has 0 saturated heterocycles. The number of nitrogens with zero attached hydrogens (tertiary/aromatic N) is 1. The second-order valence-corrected chi connectivity index (χ2v) is 5.82. The Morgan fingerprint density at radius 1 is 1.36 bits per heavy atom. The van der Waals surface area contributed by atoms with Crippen LogP contribution in [0.5, 0.6) is 0 Å². The number of aliphatic carboxylic acids is 1. The molecule has 2 aliphatic rings. The van der Waals surface area contributed by atoms with Crippen LogP contribution in [0.2, 0.25) is 0 Å². The number of carbonyl (C=O) groups excluding carboxylic acids is 2. The Morgan fingerprint density at radius 3 is 2.77 bits per heavy atom. The molecule has 2 aliphatic heterocycles. The van der Waals surface area contributed by atoms with Crippen molar-refractivity contribution in [3.63, 3.8) is 0 Å². The van der Waals surface area contributed by atoms with Crippen molar-refractivity contribution in [3.05, 3.63) is 29.3 Å². The van der Waals surface area contributed by atoms with Crippen molar-refractivity contribution in [1.82, 2.24) is 5.32 Å². The minimum Gasteiger partial charge on any atom is -0.480 e. The van der Waals surface area contributed by atoms with Crippen molar-refractivity contribution in [2.75, 3.05) is 10.7 Å². The minimum atomic E-state index is -1.03. The molecule has 0 fully saturated rings. The number of carbonyl (C=O) groups is 3. The van der Waals surface area contributed by atoms with E-state index in [-0.39, 0.29) is 17.6 Å². The van der Waals surface area contributed by atoms with Gasteiger partial charge in [-0.2, -0.15) is 12.6 Å². The maximum absolute atomic E-state index is 12.8. The zero-order valence-electron chi connectivity index (χ0n) is 11.8. The maximum Gasteiger partial charge on any atom is 0.327 e. The Hall–Kier alpha value is -2.02. The van der Waals surface area contributed by atoms with Gasteiger partial charge in [0.15, 0.2) is 0 Å². The number of benzene rings is 1. The quantitative estimate of drug-likeness (QED) is 0.703. The lowest BCUT2D eigenvalue weighted by Gasteiger charge is -2.26. The fourth-order valence-electron chi connectivity index (χ4n) is 3.20. The standard InChI is InChI=1S/C15H16N2O4S/c18-12(7-22)16-10-5-4-8-2-1-3-9-6-11(15(20)21)17(13(8)9)14(10)19/h1-3,10-11,22H,4-7H2,(H,16,18)(H,20,21)/t10?,11-/m0/s1. The molecule has 6 nitrogen and oxygen atoms in total. The first-order valence-electron chi connectivity index (χ1n) is 7.09. The number of carboxylic acid groups (broad SMARTS) is 1. The van der Waals surface area contributed by atoms with Gasteiger partial charge in [-0.05, 0) is 24.0 Å². The third-order valence-electron chi connectivity index (χ3n) is 4.17. The lowest BCUT2D eigenvalue weighted by Crippen LogP contribution is -2.52. The second-order valence-electron chi connectivity index (χ2n) is 5.51. The molecular weight excluding hydrogens is 304 g/mol. The van der Waals surface area contributed by atoms with Gasteiger partial charge in [0.05, 0.1) is 11.4 Å². The summed E-state index contributed by atoms with van der Waals surface area (Å²) in [5.41, 5.74) is 2.54. The Morgan fingerprint density at radius 2 is 2.09 bits per heavy atom. The van der Waals surface area contributed by atoms with Crippen molar-refractivity contribution < 1.29 is 19.5 Å². The van der Waals surface area contributed by atoms with Crippen LogP contribution in [0.3, 0.4) is 0 Å². The molecule has 1 unspecified atom stereocenters. The fraction of sp³-hybridized carbons (Fsp3) is 0.400. The Bertz CT molecular complexity index is 661. The van der Waals surface area contributed by atoms with Crippen LogP contribution in [0, 0.1) is 0 Å². The molecule has 1 aromatic rings. The van der Waals surface area contributed by atoms with Crippen LogP contribution in [-0.4, -0.2) is 40.7 Å². The van der Waals surface area contributed by atoms with E-state index in [0.29, 0.717) is 24.9 Å². The highest BCUT2D eigenvalue weighted by Crippen LogP contribution is 2.38. The van der Waals surface area contributed by atoms with E-state index in [1.54, 1.807) is 0 Å². The van der Waals surface area contributed by atoms with Crippen LogP contribution in [0.25, 0.3) is 0 Å². The molecule has 7 heteroatoms. The molecular formula is C15H16N2O4S. The summed E-state index contributed by atoms with van der Waals surface area (Å²) in [5, 5.41) is 12.1. The first kappa shape index (κ1) is 14.9. The maximum atomic E-state index is 12.8. The number of thiol groups is 1. The molecule has 0 saturated carbocycles. The van der Waals surface area contributed by atoms with Crippen LogP contribution >= 0.6 is 12.6 Å². The minimum absolute atomic E-state index is 0.00959. The molecule has 116 valence electrons. The number of carboxylic acids is 1. The Kier molecular flexibility index (Phi) is 3.82. The summed E-state index contributed by atoms with van der Waals surface area (Å²) in [6, 6.07) is 4.03. The van der Waals surface area contributed by atoms with E-state index in [1.807, 2.05) is 18.2 Å². The Labute approximate surface area is 132 Å². The van der Waals surface area contributed by atoms with E-state index in [2.05, 4.69) is 17.9 Å². The van der Waals surface area contributed by atoms with E-state index < -0.39 is 18.1 Å².